The molecule has 0 amide bonds. The third-order valence-corrected chi connectivity index (χ3v) is 4.67. The van der Waals surface area contributed by atoms with Crippen molar-refractivity contribution < 1.29 is 19.0 Å². The molecule has 0 aliphatic rings. The normalized spacial score (nSPS) is 11.2. The van der Waals surface area contributed by atoms with Gasteiger partial charge in [-0.1, -0.05) is 12.1 Å². The number of hydrogen-bond acceptors (Lipinski definition) is 7. The molecule has 0 aliphatic heterocycles. The Hall–Kier alpha value is -3.81. The van der Waals surface area contributed by atoms with E-state index in [1.807, 2.05) is 24.3 Å². The van der Waals surface area contributed by atoms with Crippen molar-refractivity contribution in [2.24, 2.45) is 0 Å². The van der Waals surface area contributed by atoms with Crippen LogP contribution in [0.4, 0.5) is 5.82 Å². The van der Waals surface area contributed by atoms with Crippen LogP contribution >= 0.6 is 0 Å². The zero-order valence-corrected chi connectivity index (χ0v) is 17.2. The zero-order chi connectivity index (χ0) is 21.4. The van der Waals surface area contributed by atoms with Gasteiger partial charge in [-0.25, -0.2) is 14.8 Å². The predicted octanol–water partition coefficient (Wildman–Crippen LogP) is 3.74. The quantitative estimate of drug-likeness (QED) is 0.504. The summed E-state index contributed by atoms with van der Waals surface area (Å²) in [4.78, 5) is 22.3. The maximum Gasteiger partial charge on any atom is 0.344 e. The molecule has 0 fully saturated rings. The molecule has 0 radical (unpaired) electrons. The second-order valence-corrected chi connectivity index (χ2v) is 6.97. The Balaban J connectivity index is 2.08. The number of ether oxygens (including phenoxy) is 3. The summed E-state index contributed by atoms with van der Waals surface area (Å²) in [6.07, 6.45) is -0.306. The summed E-state index contributed by atoms with van der Waals surface area (Å²) >= 11 is 0. The number of carbonyl (C=O) groups excluding carboxylic acids is 1. The van der Waals surface area contributed by atoms with E-state index in [-0.39, 0.29) is 17.5 Å². The third-order valence-electron chi connectivity index (χ3n) is 4.67. The van der Waals surface area contributed by atoms with Gasteiger partial charge >= 0.3 is 5.97 Å². The molecule has 30 heavy (non-hydrogen) atoms. The maximum atomic E-state index is 12.9. The average molecular weight is 406 g/mol. The number of hydrogen-bond donors (Lipinski definition) is 1. The molecule has 2 N–H and O–H groups in total. The molecule has 0 spiro atoms. The van der Waals surface area contributed by atoms with Crippen LogP contribution in [-0.4, -0.2) is 40.8 Å². The van der Waals surface area contributed by atoms with Gasteiger partial charge in [0.15, 0.2) is 5.65 Å². The van der Waals surface area contributed by atoms with Gasteiger partial charge in [-0.3, -0.25) is 4.57 Å². The largest absolute Gasteiger partial charge is 0.497 e. The van der Waals surface area contributed by atoms with E-state index >= 15 is 0 Å². The van der Waals surface area contributed by atoms with Crippen LogP contribution in [0.25, 0.3) is 27.9 Å². The van der Waals surface area contributed by atoms with Gasteiger partial charge in [-0.05, 0) is 38.1 Å². The summed E-state index contributed by atoms with van der Waals surface area (Å²) in [7, 11) is 3.13. The van der Waals surface area contributed by atoms with E-state index < -0.39 is 5.97 Å². The highest BCUT2D eigenvalue weighted by molar-refractivity contribution is 6.09. The standard InChI is InChI=1S/C22H22N4O4/c1-12(2)30-22(27)18-19-21(25-15-8-6-5-7-14(15)24-19)26(20(18)23)16-10-9-13(28-3)11-17(16)29-4/h5-12H,23H2,1-4H3. The second kappa shape index (κ2) is 7.55. The molecule has 4 aromatic rings. The molecule has 0 atom stereocenters. The lowest BCUT2D eigenvalue weighted by molar-refractivity contribution is 0.0381. The fraction of sp³-hybridized carbons (Fsp3) is 0.227. The van der Waals surface area contributed by atoms with Gasteiger partial charge in [0.2, 0.25) is 0 Å². The zero-order valence-electron chi connectivity index (χ0n) is 17.2. The first-order valence-corrected chi connectivity index (χ1v) is 9.44. The van der Waals surface area contributed by atoms with Crippen molar-refractivity contribution in [1.82, 2.24) is 14.5 Å². The van der Waals surface area contributed by atoms with Crippen LogP contribution in [0, 0.1) is 0 Å². The summed E-state index contributed by atoms with van der Waals surface area (Å²) in [5, 5.41) is 0. The van der Waals surface area contributed by atoms with Crippen molar-refractivity contribution >= 4 is 34.0 Å². The Morgan fingerprint density at radius 2 is 1.73 bits per heavy atom. The first-order valence-electron chi connectivity index (χ1n) is 9.44. The van der Waals surface area contributed by atoms with Crippen molar-refractivity contribution in [2.45, 2.75) is 20.0 Å². The number of carbonyl (C=O) groups is 1. The molecule has 8 nitrogen and oxygen atoms in total. The Morgan fingerprint density at radius 1 is 1.03 bits per heavy atom. The van der Waals surface area contributed by atoms with Crippen molar-refractivity contribution in [3.8, 4) is 17.2 Å². The first-order chi connectivity index (χ1) is 14.4. The first kappa shape index (κ1) is 19.5. The number of nitrogen functional groups attached to an aromatic ring is 1. The molecule has 2 aromatic heterocycles. The lowest BCUT2D eigenvalue weighted by atomic mass is 10.2. The molecule has 2 aromatic carbocycles. The summed E-state index contributed by atoms with van der Waals surface area (Å²) in [5.41, 5.74) is 9.40. The molecular formula is C22H22N4O4. The number of esters is 1. The van der Waals surface area contributed by atoms with Gasteiger partial charge in [-0.2, -0.15) is 0 Å². The monoisotopic (exact) mass is 406 g/mol. The lowest BCUT2D eigenvalue weighted by Gasteiger charge is -2.14. The second-order valence-electron chi connectivity index (χ2n) is 6.97. The lowest BCUT2D eigenvalue weighted by Crippen LogP contribution is -2.14. The van der Waals surface area contributed by atoms with E-state index in [4.69, 9.17) is 24.9 Å². The van der Waals surface area contributed by atoms with Crippen LogP contribution in [0.5, 0.6) is 11.5 Å². The summed E-state index contributed by atoms with van der Waals surface area (Å²) in [6.45, 7) is 3.56. The van der Waals surface area contributed by atoms with Crippen LogP contribution < -0.4 is 15.2 Å². The molecule has 2 heterocycles. The third kappa shape index (κ3) is 3.16. The van der Waals surface area contributed by atoms with Gasteiger partial charge in [0.1, 0.15) is 28.4 Å². The van der Waals surface area contributed by atoms with E-state index in [1.165, 1.54) is 0 Å². The molecule has 8 heteroatoms. The molecule has 154 valence electrons. The number of anilines is 1. The summed E-state index contributed by atoms with van der Waals surface area (Å²) < 4.78 is 17.9. The Morgan fingerprint density at radius 3 is 2.37 bits per heavy atom. The van der Waals surface area contributed by atoms with E-state index in [0.29, 0.717) is 39.4 Å². The number of benzene rings is 2. The predicted molar refractivity (Wildman–Crippen MR) is 114 cm³/mol. The van der Waals surface area contributed by atoms with Gasteiger partial charge in [0.25, 0.3) is 0 Å². The van der Waals surface area contributed by atoms with Crippen molar-refractivity contribution in [3.05, 3.63) is 48.0 Å². The van der Waals surface area contributed by atoms with Gasteiger partial charge in [0, 0.05) is 6.07 Å². The van der Waals surface area contributed by atoms with Gasteiger partial charge < -0.3 is 19.9 Å². The average Bonchev–Trinajstić information content (AvgIpc) is 3.01. The van der Waals surface area contributed by atoms with Crippen LogP contribution in [0.2, 0.25) is 0 Å². The SMILES string of the molecule is COc1ccc(-n2c(N)c(C(=O)OC(C)C)c3nc4ccccc4nc32)c(OC)c1. The van der Waals surface area contributed by atoms with Crippen molar-refractivity contribution in [1.29, 1.82) is 0 Å². The minimum absolute atomic E-state index is 0.175. The minimum atomic E-state index is -0.552. The maximum absolute atomic E-state index is 12.9. The fourth-order valence-electron chi connectivity index (χ4n) is 3.35. The summed E-state index contributed by atoms with van der Waals surface area (Å²) in [5.74, 6) is 0.760. The van der Waals surface area contributed by atoms with Crippen LogP contribution in [-0.2, 0) is 4.74 Å². The minimum Gasteiger partial charge on any atom is -0.497 e. The molecule has 4 rings (SSSR count). The molecule has 0 saturated heterocycles. The van der Waals surface area contributed by atoms with Crippen LogP contribution in [0.15, 0.2) is 42.5 Å². The molecule has 0 saturated carbocycles. The topological polar surface area (TPSA) is 101 Å². The summed E-state index contributed by atoms with van der Waals surface area (Å²) in [6, 6.07) is 12.7. The number of aromatic nitrogens is 3. The van der Waals surface area contributed by atoms with Crippen molar-refractivity contribution in [3.63, 3.8) is 0 Å². The van der Waals surface area contributed by atoms with E-state index in [1.54, 1.807) is 50.8 Å². The van der Waals surface area contributed by atoms with E-state index in [0.717, 1.165) is 0 Å². The van der Waals surface area contributed by atoms with Crippen LogP contribution in [0.1, 0.15) is 24.2 Å². The highest BCUT2D eigenvalue weighted by Crippen LogP contribution is 2.36. The Bertz CT molecular complexity index is 1260. The van der Waals surface area contributed by atoms with Gasteiger partial charge in [-0.15, -0.1) is 0 Å². The van der Waals surface area contributed by atoms with E-state index in [9.17, 15) is 4.79 Å². The van der Waals surface area contributed by atoms with Gasteiger partial charge in [0.05, 0.1) is 37.0 Å². The van der Waals surface area contributed by atoms with Crippen LogP contribution in [0.3, 0.4) is 0 Å². The fourth-order valence-corrected chi connectivity index (χ4v) is 3.35. The highest BCUT2D eigenvalue weighted by Gasteiger charge is 2.27. The molecule has 0 bridgehead atoms. The molecule has 0 unspecified atom stereocenters. The smallest absolute Gasteiger partial charge is 0.344 e. The number of rotatable bonds is 5. The van der Waals surface area contributed by atoms with Crippen molar-refractivity contribution in [2.75, 3.05) is 20.0 Å². The highest BCUT2D eigenvalue weighted by atomic mass is 16.5. The Labute approximate surface area is 173 Å². The number of methoxy groups -OCH3 is 2. The Kier molecular flexibility index (Phi) is 4.91. The van der Waals surface area contributed by atoms with E-state index in [2.05, 4.69) is 4.98 Å². The molecular weight excluding hydrogens is 384 g/mol. The number of para-hydroxylation sites is 2. The number of nitrogens with two attached hydrogens (primary N) is 1. The number of fused-ring (bicyclic) bond motifs is 2. The molecule has 0 aliphatic carbocycles. The number of nitrogens with zero attached hydrogens (tertiary/aromatic N) is 3.